The Bertz CT molecular complexity index is 533. The number of aliphatic hydroxyl groups excluding tert-OH is 1. The Labute approximate surface area is 126 Å². The van der Waals surface area contributed by atoms with Gasteiger partial charge in [0.2, 0.25) is 0 Å². The fraction of sp³-hybridized carbons (Fsp3) is 0. The van der Waals surface area contributed by atoms with E-state index in [1.807, 2.05) is 36.4 Å². The predicted octanol–water partition coefficient (Wildman–Crippen LogP) is 2.80. The van der Waals surface area contributed by atoms with Crippen LogP contribution in [0, 0.1) is 0 Å². The van der Waals surface area contributed by atoms with E-state index in [1.54, 1.807) is 24.3 Å². The second kappa shape index (κ2) is 7.11. The smallest absolute Gasteiger partial charge is 0.507 e. The summed E-state index contributed by atoms with van der Waals surface area (Å²) in [5, 5.41) is 9.83. The average molecular weight is 430 g/mol. The molecule has 2 N–H and O–H groups in total. The maximum Gasteiger partial charge on any atom is 3.00 e. The number of hydrogen-bond donors (Lipinski definition) is 1. The van der Waals surface area contributed by atoms with Crippen molar-refractivity contribution in [3.63, 3.8) is 0 Å². The Kier molecular flexibility index (Phi) is 5.78. The van der Waals surface area contributed by atoms with Crippen LogP contribution in [0.5, 0.6) is 0 Å². The summed E-state index contributed by atoms with van der Waals surface area (Å²) in [4.78, 5) is 9.83. The van der Waals surface area contributed by atoms with Gasteiger partial charge >= 0.3 is 33.1 Å². The molecule has 0 aliphatic carbocycles. The predicted molar refractivity (Wildman–Crippen MR) is 75.3 cm³/mol. The van der Waals surface area contributed by atoms with Crippen LogP contribution in [0.1, 0.15) is 11.1 Å². The number of benzene rings is 2. The minimum absolute atomic E-state index is 0. The maximum atomic E-state index is 9.83. The Hall–Kier alpha value is -1.43. The summed E-state index contributed by atoms with van der Waals surface area (Å²) in [5.74, 6) is 0.0962. The van der Waals surface area contributed by atoms with Crippen molar-refractivity contribution in [2.24, 2.45) is 0 Å². The molecule has 0 heterocycles. The van der Waals surface area contributed by atoms with Gasteiger partial charge in [0.1, 0.15) is 5.76 Å². The quantitative estimate of drug-likeness (QED) is 0.263. The van der Waals surface area contributed by atoms with Crippen LogP contribution in [0.4, 0.5) is 0 Å². The fourth-order valence-corrected chi connectivity index (χ4v) is 1.51. The van der Waals surface area contributed by atoms with Crippen LogP contribution in [-0.4, -0.2) is 43.0 Å². The Balaban J connectivity index is 0.00000162. The molecular formula is C15H13O2Tl+4. The third-order valence-corrected chi connectivity index (χ3v) is 2.41. The van der Waals surface area contributed by atoms with Gasteiger partial charge in [0, 0.05) is 5.56 Å². The molecule has 0 fully saturated rings. The minimum Gasteiger partial charge on any atom is -0.507 e. The van der Waals surface area contributed by atoms with E-state index in [1.165, 1.54) is 6.08 Å². The zero-order valence-corrected chi connectivity index (χ0v) is 14.3. The first-order valence-corrected chi connectivity index (χ1v) is 5.35. The molecule has 0 saturated carbocycles. The molecule has 3 heteroatoms. The van der Waals surface area contributed by atoms with Crippen molar-refractivity contribution in [1.29, 1.82) is 0 Å². The molecule has 0 unspecified atom stereocenters. The first-order chi connectivity index (χ1) is 8.27. The van der Waals surface area contributed by atoms with Crippen LogP contribution in [0.25, 0.3) is 5.76 Å². The average Bonchev–Trinajstić information content (AvgIpc) is 2.40. The van der Waals surface area contributed by atoms with Gasteiger partial charge in [-0.3, -0.25) is 4.79 Å². The van der Waals surface area contributed by atoms with E-state index in [2.05, 4.69) is 0 Å². The summed E-state index contributed by atoms with van der Waals surface area (Å²) in [6.07, 6.45) is 1.35. The summed E-state index contributed by atoms with van der Waals surface area (Å²) in [7, 11) is 0. The van der Waals surface area contributed by atoms with E-state index in [0.29, 0.717) is 11.1 Å². The van der Waals surface area contributed by atoms with Crippen LogP contribution < -0.4 is 0 Å². The van der Waals surface area contributed by atoms with E-state index in [9.17, 15) is 9.90 Å². The van der Waals surface area contributed by atoms with E-state index in [-0.39, 0.29) is 38.8 Å². The first-order valence-electron chi connectivity index (χ1n) is 5.35. The number of allylic oxidation sites excluding steroid dienone is 1. The van der Waals surface area contributed by atoms with Crippen molar-refractivity contribution >= 4 is 38.8 Å². The van der Waals surface area contributed by atoms with Gasteiger partial charge < -0.3 is 5.11 Å². The monoisotopic (exact) mass is 430 g/mol. The number of aliphatic hydroxyl groups is 1. The number of hydrogen-bond acceptors (Lipinski definition) is 1. The van der Waals surface area contributed by atoms with Crippen LogP contribution in [0.2, 0.25) is 0 Å². The summed E-state index contributed by atoms with van der Waals surface area (Å²) >= 11 is 0. The zero-order valence-electron chi connectivity index (χ0n) is 9.82. The van der Waals surface area contributed by atoms with Gasteiger partial charge in [0.05, 0.1) is 11.6 Å². The Morgan fingerprint density at radius 1 is 0.833 bits per heavy atom. The van der Waals surface area contributed by atoms with Gasteiger partial charge in [-0.05, 0) is 12.1 Å². The third-order valence-electron chi connectivity index (χ3n) is 2.41. The zero-order chi connectivity index (χ0) is 12.1. The van der Waals surface area contributed by atoms with Crippen molar-refractivity contribution in [3.8, 4) is 0 Å². The molecule has 0 atom stereocenters. The van der Waals surface area contributed by atoms with Crippen molar-refractivity contribution in [2.45, 2.75) is 0 Å². The maximum absolute atomic E-state index is 9.83. The number of rotatable bonds is 3. The van der Waals surface area contributed by atoms with E-state index < -0.39 is 0 Å². The molecule has 0 bridgehead atoms. The van der Waals surface area contributed by atoms with Crippen LogP contribution in [0.15, 0.2) is 66.7 Å². The van der Waals surface area contributed by atoms with Crippen molar-refractivity contribution in [3.05, 3.63) is 77.9 Å². The van der Waals surface area contributed by atoms with Crippen LogP contribution >= 0.6 is 0 Å². The fourth-order valence-electron chi connectivity index (χ4n) is 1.51. The van der Waals surface area contributed by atoms with Crippen molar-refractivity contribution in [2.75, 3.05) is 0 Å². The number of carbonyl (C=O) groups excluding carboxylic acids is 1. The van der Waals surface area contributed by atoms with Crippen LogP contribution in [0.3, 0.4) is 0 Å². The topological polar surface area (TPSA) is 41.6 Å². The summed E-state index contributed by atoms with van der Waals surface area (Å²) < 4.78 is 0. The first kappa shape index (κ1) is 14.6. The Morgan fingerprint density at radius 3 is 1.78 bits per heavy atom. The molecular weight excluding hydrogens is 417 g/mol. The molecule has 0 aliphatic heterocycles. The molecule has 0 saturated heterocycles. The molecule has 2 rings (SSSR count). The molecule has 0 radical (unpaired) electrons. The summed E-state index contributed by atoms with van der Waals surface area (Å²) in [6, 6.07) is 18.2. The van der Waals surface area contributed by atoms with Crippen LogP contribution in [-0.2, 0) is 0 Å². The molecule has 18 heavy (non-hydrogen) atoms. The molecule has 84 valence electrons. The SMILES string of the molecule is O/C(=C\C(=[OH+])c1ccccc1)c1ccccc1.[Tl+3]. The molecule has 0 spiro atoms. The van der Waals surface area contributed by atoms with E-state index >= 15 is 0 Å². The van der Waals surface area contributed by atoms with E-state index in [4.69, 9.17) is 0 Å². The molecule has 0 aliphatic rings. The van der Waals surface area contributed by atoms with Gasteiger partial charge in [0.15, 0.2) is 0 Å². The van der Waals surface area contributed by atoms with Crippen molar-refractivity contribution in [1.82, 2.24) is 0 Å². The number of ketones is 1. The van der Waals surface area contributed by atoms with Gasteiger partial charge in [-0.1, -0.05) is 48.5 Å². The molecule has 2 nitrogen and oxygen atoms in total. The largest absolute Gasteiger partial charge is 3.00 e. The summed E-state index contributed by atoms with van der Waals surface area (Å²) in [6.45, 7) is 0. The standard InChI is InChI=1S/C15H12O2.Tl/c16-14(12-7-3-1-4-8-12)11-15(17)13-9-5-2-6-10-13;/h1-11,16H;/q;+3/p+1/b14-11-;. The minimum atomic E-state index is 0. The van der Waals surface area contributed by atoms with E-state index in [0.717, 1.165) is 0 Å². The van der Waals surface area contributed by atoms with Gasteiger partial charge in [-0.15, -0.1) is 0 Å². The van der Waals surface area contributed by atoms with Gasteiger partial charge in [-0.25, -0.2) is 0 Å². The second-order valence-electron chi connectivity index (χ2n) is 3.65. The third kappa shape index (κ3) is 3.80. The molecule has 0 amide bonds. The molecule has 2 aromatic rings. The Morgan fingerprint density at radius 2 is 1.28 bits per heavy atom. The normalized spacial score (nSPS) is 10.6. The van der Waals surface area contributed by atoms with Gasteiger partial charge in [-0.2, -0.15) is 0 Å². The van der Waals surface area contributed by atoms with Gasteiger partial charge in [0.25, 0.3) is 0 Å². The molecule has 2 aromatic carbocycles. The molecule has 0 aromatic heterocycles. The summed E-state index contributed by atoms with van der Waals surface area (Å²) in [5.41, 5.74) is 1.35. The second-order valence-corrected chi connectivity index (χ2v) is 3.65. The van der Waals surface area contributed by atoms with Crippen molar-refractivity contribution < 1.29 is 9.90 Å².